The highest BCUT2D eigenvalue weighted by molar-refractivity contribution is 9.10. The molecule has 2 N–H and O–H groups in total. The Kier molecular flexibility index (Phi) is 2.63. The summed E-state index contributed by atoms with van der Waals surface area (Å²) in [4.78, 5) is 0. The molecule has 0 aliphatic rings. The number of halogens is 1. The molecule has 2 aromatic heterocycles. The summed E-state index contributed by atoms with van der Waals surface area (Å²) in [7, 11) is 0. The number of hydrogen-bond donors (Lipinski definition) is 1. The minimum absolute atomic E-state index is 0.634. The highest BCUT2D eigenvalue weighted by Crippen LogP contribution is 2.31. The Morgan fingerprint density at radius 1 is 1.39 bits per heavy atom. The molecule has 5 heteroatoms. The third-order valence-corrected chi connectivity index (χ3v) is 3.32. The number of nitrogens with two attached hydrogens (primary N) is 1. The third-order valence-electron chi connectivity index (χ3n) is 2.83. The second-order valence-corrected chi connectivity index (χ2v) is 5.00. The lowest BCUT2D eigenvalue weighted by Gasteiger charge is -1.92. The second-order valence-electron chi connectivity index (χ2n) is 4.08. The molecule has 0 bridgehead atoms. The molecule has 0 amide bonds. The first-order valence-electron chi connectivity index (χ1n) is 5.70. The van der Waals surface area contributed by atoms with Crippen LogP contribution >= 0.6 is 15.9 Å². The molecule has 0 radical (unpaired) electrons. The quantitative estimate of drug-likeness (QED) is 0.786. The van der Waals surface area contributed by atoms with Crippen molar-refractivity contribution in [2.45, 2.75) is 13.5 Å². The van der Waals surface area contributed by atoms with Gasteiger partial charge in [-0.2, -0.15) is 5.10 Å². The van der Waals surface area contributed by atoms with Crippen molar-refractivity contribution in [3.63, 3.8) is 0 Å². The summed E-state index contributed by atoms with van der Waals surface area (Å²) in [6, 6.07) is 7.84. The van der Waals surface area contributed by atoms with Gasteiger partial charge in [0.1, 0.15) is 5.58 Å². The van der Waals surface area contributed by atoms with Crippen LogP contribution in [0.25, 0.3) is 22.4 Å². The van der Waals surface area contributed by atoms with Gasteiger partial charge >= 0.3 is 0 Å². The molecule has 92 valence electrons. The number of nitrogen functional groups attached to an aromatic ring is 1. The van der Waals surface area contributed by atoms with Crippen LogP contribution in [0.5, 0.6) is 0 Å². The van der Waals surface area contributed by atoms with E-state index in [0.29, 0.717) is 17.1 Å². The van der Waals surface area contributed by atoms with E-state index in [2.05, 4.69) is 21.0 Å². The van der Waals surface area contributed by atoms with Crippen LogP contribution in [0, 0.1) is 0 Å². The lowest BCUT2D eigenvalue weighted by atomic mass is 10.2. The molecule has 0 spiro atoms. The van der Waals surface area contributed by atoms with Crippen molar-refractivity contribution in [2.75, 3.05) is 5.73 Å². The van der Waals surface area contributed by atoms with Crippen LogP contribution in [0.3, 0.4) is 0 Å². The Labute approximate surface area is 113 Å². The first-order chi connectivity index (χ1) is 8.67. The fourth-order valence-electron chi connectivity index (χ4n) is 1.92. The molecule has 0 aliphatic heterocycles. The molecule has 2 heterocycles. The molecule has 0 saturated carbocycles. The fourth-order valence-corrected chi connectivity index (χ4v) is 2.30. The van der Waals surface area contributed by atoms with Crippen molar-refractivity contribution < 1.29 is 4.42 Å². The monoisotopic (exact) mass is 305 g/mol. The molecule has 4 nitrogen and oxygen atoms in total. The first kappa shape index (κ1) is 11.3. The summed E-state index contributed by atoms with van der Waals surface area (Å²) in [5, 5.41) is 5.43. The van der Waals surface area contributed by atoms with Gasteiger partial charge in [-0.25, -0.2) is 0 Å². The summed E-state index contributed by atoms with van der Waals surface area (Å²) < 4.78 is 8.59. The zero-order valence-corrected chi connectivity index (χ0v) is 11.4. The van der Waals surface area contributed by atoms with Crippen LogP contribution in [-0.2, 0) is 6.54 Å². The Morgan fingerprint density at radius 3 is 2.94 bits per heavy atom. The average Bonchev–Trinajstić information content (AvgIpc) is 2.91. The number of hydrogen-bond acceptors (Lipinski definition) is 3. The third kappa shape index (κ3) is 1.80. The van der Waals surface area contributed by atoms with Gasteiger partial charge in [0, 0.05) is 22.6 Å². The molecular formula is C13H12BrN3O. The van der Waals surface area contributed by atoms with Gasteiger partial charge in [-0.3, -0.25) is 4.68 Å². The van der Waals surface area contributed by atoms with Crippen molar-refractivity contribution in [3.8, 4) is 11.5 Å². The number of benzene rings is 1. The number of furan rings is 1. The molecule has 0 unspecified atom stereocenters. The molecule has 3 aromatic rings. The standard InChI is InChI=1S/C13H12BrN3O/c1-2-17-7-10(15)13(16-17)12-6-8-5-9(14)3-4-11(8)18-12/h3-7H,2,15H2,1H3. The lowest BCUT2D eigenvalue weighted by molar-refractivity contribution is 0.617. The smallest absolute Gasteiger partial charge is 0.157 e. The Balaban J connectivity index is 2.15. The van der Waals surface area contributed by atoms with Crippen LogP contribution in [0.2, 0.25) is 0 Å². The van der Waals surface area contributed by atoms with Gasteiger partial charge in [0.2, 0.25) is 0 Å². The van der Waals surface area contributed by atoms with E-state index in [-0.39, 0.29) is 0 Å². The van der Waals surface area contributed by atoms with Crippen molar-refractivity contribution in [1.82, 2.24) is 9.78 Å². The van der Waals surface area contributed by atoms with E-state index in [0.717, 1.165) is 22.0 Å². The summed E-state index contributed by atoms with van der Waals surface area (Å²) in [6.45, 7) is 2.81. The zero-order chi connectivity index (χ0) is 12.7. The van der Waals surface area contributed by atoms with Crippen molar-refractivity contribution in [1.29, 1.82) is 0 Å². The van der Waals surface area contributed by atoms with Crippen molar-refractivity contribution in [3.05, 3.63) is 34.9 Å². The molecule has 0 fully saturated rings. The van der Waals surface area contributed by atoms with Gasteiger partial charge in [-0.15, -0.1) is 0 Å². The second kappa shape index (κ2) is 4.17. The van der Waals surface area contributed by atoms with Crippen LogP contribution < -0.4 is 5.73 Å². The molecule has 0 aliphatic carbocycles. The van der Waals surface area contributed by atoms with Crippen LogP contribution in [0.1, 0.15) is 6.92 Å². The molecule has 0 saturated heterocycles. The van der Waals surface area contributed by atoms with Crippen LogP contribution in [0.4, 0.5) is 5.69 Å². The van der Waals surface area contributed by atoms with Crippen LogP contribution in [-0.4, -0.2) is 9.78 Å². The number of rotatable bonds is 2. The normalized spacial score (nSPS) is 11.2. The predicted octanol–water partition coefficient (Wildman–Crippen LogP) is 3.66. The highest BCUT2D eigenvalue weighted by Gasteiger charge is 2.13. The maximum Gasteiger partial charge on any atom is 0.157 e. The van der Waals surface area contributed by atoms with E-state index in [1.807, 2.05) is 37.4 Å². The minimum Gasteiger partial charge on any atom is -0.454 e. The topological polar surface area (TPSA) is 57.0 Å². The Morgan fingerprint density at radius 2 is 2.22 bits per heavy atom. The fraction of sp³-hybridized carbons (Fsp3) is 0.154. The van der Waals surface area contributed by atoms with Gasteiger partial charge in [-0.1, -0.05) is 15.9 Å². The minimum atomic E-state index is 0.634. The first-order valence-corrected chi connectivity index (χ1v) is 6.49. The lowest BCUT2D eigenvalue weighted by Crippen LogP contribution is -1.93. The maximum absolute atomic E-state index is 5.95. The summed E-state index contributed by atoms with van der Waals surface area (Å²) in [6.07, 6.45) is 1.82. The summed E-state index contributed by atoms with van der Waals surface area (Å²) in [5.74, 6) is 0.702. The van der Waals surface area contributed by atoms with Crippen LogP contribution in [0.15, 0.2) is 39.4 Å². The number of aromatic nitrogens is 2. The van der Waals surface area contributed by atoms with E-state index >= 15 is 0 Å². The maximum atomic E-state index is 5.95. The molecule has 0 atom stereocenters. The molecule has 1 aromatic carbocycles. The van der Waals surface area contributed by atoms with Gasteiger partial charge in [0.25, 0.3) is 0 Å². The van der Waals surface area contributed by atoms with Crippen molar-refractivity contribution >= 4 is 32.6 Å². The summed E-state index contributed by atoms with van der Waals surface area (Å²) in [5.41, 5.74) is 8.11. The van der Waals surface area contributed by atoms with E-state index in [4.69, 9.17) is 10.2 Å². The van der Waals surface area contributed by atoms with E-state index in [1.54, 1.807) is 4.68 Å². The van der Waals surface area contributed by atoms with E-state index in [1.165, 1.54) is 0 Å². The predicted molar refractivity (Wildman–Crippen MR) is 75.2 cm³/mol. The van der Waals surface area contributed by atoms with Crippen molar-refractivity contribution in [2.24, 2.45) is 0 Å². The summed E-state index contributed by atoms with van der Waals surface area (Å²) >= 11 is 3.44. The largest absolute Gasteiger partial charge is 0.454 e. The van der Waals surface area contributed by atoms with E-state index < -0.39 is 0 Å². The molecular weight excluding hydrogens is 294 g/mol. The van der Waals surface area contributed by atoms with Gasteiger partial charge in [-0.05, 0) is 31.2 Å². The van der Waals surface area contributed by atoms with Gasteiger partial charge < -0.3 is 10.2 Å². The van der Waals surface area contributed by atoms with E-state index in [9.17, 15) is 0 Å². The average molecular weight is 306 g/mol. The Hall–Kier alpha value is -1.75. The number of nitrogens with zero attached hydrogens (tertiary/aromatic N) is 2. The molecule has 3 rings (SSSR count). The van der Waals surface area contributed by atoms with Gasteiger partial charge in [0.15, 0.2) is 11.5 Å². The molecule has 18 heavy (non-hydrogen) atoms. The SMILES string of the molecule is CCn1cc(N)c(-c2cc3cc(Br)ccc3o2)n1. The zero-order valence-electron chi connectivity index (χ0n) is 9.85. The number of anilines is 1. The Bertz CT molecular complexity index is 714. The highest BCUT2D eigenvalue weighted by atomic mass is 79.9. The number of fused-ring (bicyclic) bond motifs is 1. The number of aryl methyl sites for hydroxylation is 1. The van der Waals surface area contributed by atoms with Gasteiger partial charge in [0.05, 0.1) is 5.69 Å².